The number of aromatic nitrogens is 1. The number of hydrogen-bond donors (Lipinski definition) is 0. The van der Waals surface area contributed by atoms with Crippen molar-refractivity contribution < 1.29 is 9.18 Å². The van der Waals surface area contributed by atoms with Gasteiger partial charge in [-0.2, -0.15) is 0 Å². The van der Waals surface area contributed by atoms with Gasteiger partial charge in [0.05, 0.1) is 5.25 Å². The average molecular weight is 308 g/mol. The quantitative estimate of drug-likeness (QED) is 0.847. The van der Waals surface area contributed by atoms with Crippen molar-refractivity contribution in [3.63, 3.8) is 0 Å². The second-order valence-electron chi connectivity index (χ2n) is 4.64. The molecule has 2 heterocycles. The van der Waals surface area contributed by atoms with Crippen molar-refractivity contribution in [1.82, 2.24) is 4.98 Å². The minimum absolute atomic E-state index is 0.0543. The number of rotatable bonds is 2. The molecule has 1 aromatic carbocycles. The Morgan fingerprint density at radius 2 is 2.00 bits per heavy atom. The highest BCUT2D eigenvalue weighted by molar-refractivity contribution is 8.01. The second-order valence-corrected chi connectivity index (χ2v) is 7.28. The Kier molecular flexibility index (Phi) is 3.52. The number of amides is 1. The molecule has 0 unspecified atom stereocenters. The molecular formula is C14H13FN2OS2. The lowest BCUT2D eigenvalue weighted by Crippen LogP contribution is -2.29. The Morgan fingerprint density at radius 1 is 1.30 bits per heavy atom. The van der Waals surface area contributed by atoms with Crippen molar-refractivity contribution in [2.45, 2.75) is 24.5 Å². The number of carbonyl (C=O) groups is 1. The first-order valence-electron chi connectivity index (χ1n) is 6.22. The molecule has 2 atom stereocenters. The van der Waals surface area contributed by atoms with Gasteiger partial charge in [0.1, 0.15) is 11.2 Å². The molecule has 0 saturated carbocycles. The number of halogens is 1. The van der Waals surface area contributed by atoms with Crippen molar-refractivity contribution in [2.75, 3.05) is 4.90 Å². The largest absolute Gasteiger partial charge is 0.273 e. The van der Waals surface area contributed by atoms with Gasteiger partial charge in [0.2, 0.25) is 5.91 Å². The predicted octanol–water partition coefficient (Wildman–Crippen LogP) is 3.76. The molecule has 20 heavy (non-hydrogen) atoms. The molecule has 1 fully saturated rings. The van der Waals surface area contributed by atoms with Gasteiger partial charge in [0.15, 0.2) is 5.13 Å². The number of hydrogen-bond acceptors (Lipinski definition) is 4. The predicted molar refractivity (Wildman–Crippen MR) is 80.5 cm³/mol. The molecule has 1 amide bonds. The fraction of sp³-hybridized carbons (Fsp3) is 0.286. The highest BCUT2D eigenvalue weighted by atomic mass is 32.2. The average Bonchev–Trinajstić information content (AvgIpc) is 2.96. The van der Waals surface area contributed by atoms with E-state index >= 15 is 0 Å². The minimum Gasteiger partial charge on any atom is -0.273 e. The van der Waals surface area contributed by atoms with E-state index in [0.29, 0.717) is 5.13 Å². The summed E-state index contributed by atoms with van der Waals surface area (Å²) in [6, 6.07) is 6.31. The Morgan fingerprint density at radius 3 is 2.60 bits per heavy atom. The Balaban J connectivity index is 2.00. The van der Waals surface area contributed by atoms with E-state index in [-0.39, 0.29) is 22.3 Å². The first-order chi connectivity index (χ1) is 9.56. The molecule has 1 aliphatic heterocycles. The molecule has 3 nitrogen and oxygen atoms in total. The fourth-order valence-electron chi connectivity index (χ4n) is 2.13. The molecule has 0 N–H and O–H groups in total. The first kappa shape index (κ1) is 13.6. The van der Waals surface area contributed by atoms with Gasteiger partial charge in [-0.25, -0.2) is 9.37 Å². The zero-order chi connectivity index (χ0) is 14.3. The van der Waals surface area contributed by atoms with Crippen molar-refractivity contribution in [1.29, 1.82) is 0 Å². The highest BCUT2D eigenvalue weighted by Gasteiger charge is 2.40. The normalized spacial score (nSPS) is 22.6. The molecule has 1 aliphatic rings. The molecule has 104 valence electrons. The van der Waals surface area contributed by atoms with Crippen LogP contribution in [0.2, 0.25) is 0 Å². The summed E-state index contributed by atoms with van der Waals surface area (Å²) in [5.41, 5.74) is 0.918. The number of benzene rings is 1. The van der Waals surface area contributed by atoms with Gasteiger partial charge in [-0.1, -0.05) is 12.1 Å². The molecule has 1 aromatic heterocycles. The number of nitrogens with zero attached hydrogens (tertiary/aromatic N) is 2. The summed E-state index contributed by atoms with van der Waals surface area (Å²) in [6.07, 6.45) is 1.77. The maximum Gasteiger partial charge on any atom is 0.242 e. The third-order valence-electron chi connectivity index (χ3n) is 3.12. The lowest BCUT2D eigenvalue weighted by atomic mass is 10.2. The van der Waals surface area contributed by atoms with Gasteiger partial charge in [-0.05, 0) is 31.5 Å². The van der Waals surface area contributed by atoms with Crippen LogP contribution in [-0.2, 0) is 4.79 Å². The summed E-state index contributed by atoms with van der Waals surface area (Å²) in [5, 5.41) is 0.455. The van der Waals surface area contributed by atoms with E-state index < -0.39 is 0 Å². The summed E-state index contributed by atoms with van der Waals surface area (Å²) < 4.78 is 13.1. The zero-order valence-corrected chi connectivity index (χ0v) is 12.7. The van der Waals surface area contributed by atoms with Crippen molar-refractivity contribution in [3.05, 3.63) is 46.7 Å². The van der Waals surface area contributed by atoms with Gasteiger partial charge in [-0.3, -0.25) is 9.69 Å². The Hall–Kier alpha value is -1.40. The third kappa shape index (κ3) is 2.33. The van der Waals surface area contributed by atoms with Crippen LogP contribution >= 0.6 is 23.1 Å². The standard InChI is InChI=1S/C14H13FN2OS2/c1-8-7-16-14(19-8)17-12(18)9(2)20-13(17)10-3-5-11(15)6-4-10/h3-7,9,13H,1-2H3/t9-,13-/m1/s1. The fourth-order valence-corrected chi connectivity index (χ4v) is 4.24. The van der Waals surface area contributed by atoms with Gasteiger partial charge in [0.25, 0.3) is 0 Å². The first-order valence-corrected chi connectivity index (χ1v) is 7.98. The van der Waals surface area contributed by atoms with E-state index in [9.17, 15) is 9.18 Å². The van der Waals surface area contributed by atoms with Gasteiger partial charge < -0.3 is 0 Å². The summed E-state index contributed by atoms with van der Waals surface area (Å²) in [6.45, 7) is 3.86. The molecule has 1 saturated heterocycles. The summed E-state index contributed by atoms with van der Waals surface area (Å²) in [4.78, 5) is 19.5. The lowest BCUT2D eigenvalue weighted by Gasteiger charge is -2.21. The molecule has 0 spiro atoms. The SMILES string of the molecule is Cc1cnc(N2C(=O)[C@@H](C)S[C@@H]2c2ccc(F)cc2)s1. The number of carbonyl (C=O) groups excluding carboxylic acids is 1. The zero-order valence-electron chi connectivity index (χ0n) is 11.0. The third-order valence-corrected chi connectivity index (χ3v) is 5.39. The van der Waals surface area contributed by atoms with Crippen molar-refractivity contribution >= 4 is 34.1 Å². The van der Waals surface area contributed by atoms with Crippen molar-refractivity contribution in [2.24, 2.45) is 0 Å². The van der Waals surface area contributed by atoms with Gasteiger partial charge in [-0.15, -0.1) is 23.1 Å². The molecule has 0 aliphatic carbocycles. The van der Waals surface area contributed by atoms with E-state index in [1.165, 1.54) is 23.5 Å². The van der Waals surface area contributed by atoms with Crippen LogP contribution in [0.25, 0.3) is 0 Å². The second kappa shape index (κ2) is 5.18. The lowest BCUT2D eigenvalue weighted by molar-refractivity contribution is -0.117. The summed E-state index contributed by atoms with van der Waals surface area (Å²) in [5.74, 6) is -0.216. The van der Waals surface area contributed by atoms with E-state index in [0.717, 1.165) is 10.4 Å². The monoisotopic (exact) mass is 308 g/mol. The van der Waals surface area contributed by atoms with E-state index in [1.54, 1.807) is 35.0 Å². The van der Waals surface area contributed by atoms with Crippen LogP contribution in [-0.4, -0.2) is 16.1 Å². The molecule has 3 rings (SSSR count). The van der Waals surface area contributed by atoms with Gasteiger partial charge >= 0.3 is 0 Å². The molecule has 6 heteroatoms. The Bertz CT molecular complexity index is 641. The van der Waals surface area contributed by atoms with Crippen LogP contribution in [0.15, 0.2) is 30.5 Å². The van der Waals surface area contributed by atoms with Gasteiger partial charge in [0, 0.05) is 11.1 Å². The minimum atomic E-state index is -0.271. The van der Waals surface area contributed by atoms with E-state index in [2.05, 4.69) is 4.98 Å². The van der Waals surface area contributed by atoms with E-state index in [1.807, 2.05) is 13.8 Å². The van der Waals surface area contributed by atoms with Crippen LogP contribution in [0.1, 0.15) is 22.7 Å². The van der Waals surface area contributed by atoms with Crippen LogP contribution in [0, 0.1) is 12.7 Å². The van der Waals surface area contributed by atoms with Crippen LogP contribution in [0.3, 0.4) is 0 Å². The summed E-state index contributed by atoms with van der Waals surface area (Å²) in [7, 11) is 0. The summed E-state index contributed by atoms with van der Waals surface area (Å²) >= 11 is 3.06. The smallest absolute Gasteiger partial charge is 0.242 e. The van der Waals surface area contributed by atoms with Crippen LogP contribution < -0.4 is 4.90 Å². The van der Waals surface area contributed by atoms with Crippen molar-refractivity contribution in [3.8, 4) is 0 Å². The molecule has 0 bridgehead atoms. The molecule has 0 radical (unpaired) electrons. The maximum atomic E-state index is 13.1. The van der Waals surface area contributed by atoms with E-state index in [4.69, 9.17) is 0 Å². The molecular weight excluding hydrogens is 295 g/mol. The Labute approximate surface area is 124 Å². The number of aryl methyl sites for hydroxylation is 1. The topological polar surface area (TPSA) is 33.2 Å². The van der Waals surface area contributed by atoms with Crippen LogP contribution in [0.4, 0.5) is 9.52 Å². The number of thiazole rings is 1. The number of anilines is 1. The maximum absolute atomic E-state index is 13.1. The highest BCUT2D eigenvalue weighted by Crippen LogP contribution is 2.46. The number of thioether (sulfide) groups is 1. The molecule has 2 aromatic rings. The van der Waals surface area contributed by atoms with Crippen LogP contribution in [0.5, 0.6) is 0 Å².